The van der Waals surface area contributed by atoms with E-state index in [-0.39, 0.29) is 90.6 Å². The van der Waals surface area contributed by atoms with Gasteiger partial charge in [0.25, 0.3) is 23.6 Å². The van der Waals surface area contributed by atoms with Crippen molar-refractivity contribution in [3.63, 3.8) is 0 Å². The average molecular weight is 1700 g/mol. The second-order valence-electron chi connectivity index (χ2n) is 31.5. The monoisotopic (exact) mass is 1700 g/mol. The first-order valence-corrected chi connectivity index (χ1v) is 40.3. The van der Waals surface area contributed by atoms with E-state index in [1.54, 1.807) is 91.3 Å². The summed E-state index contributed by atoms with van der Waals surface area (Å²) in [5, 5.41) is 40.1. The summed E-state index contributed by atoms with van der Waals surface area (Å²) in [5.41, 5.74) is -1.70. The molecule has 33 nitrogen and oxygen atoms in total. The molecule has 35 heteroatoms. The van der Waals surface area contributed by atoms with Gasteiger partial charge in [-0.2, -0.15) is 0 Å². The van der Waals surface area contributed by atoms with E-state index >= 15 is 0 Å². The highest BCUT2D eigenvalue weighted by Gasteiger charge is 2.66. The second-order valence-corrected chi connectivity index (χ2v) is 32.2. The third-order valence-corrected chi connectivity index (χ3v) is 23.6. The van der Waals surface area contributed by atoms with E-state index in [1.165, 1.54) is 86.3 Å². The lowest BCUT2D eigenvalue weighted by atomic mass is 9.83. The number of imide groups is 2. The Labute approximate surface area is 702 Å². The number of carbonyl (C=O) groups excluding carboxylic acids is 11. The van der Waals surface area contributed by atoms with E-state index in [0.717, 1.165) is 27.2 Å². The molecule has 8 aliphatic rings. The highest BCUT2D eigenvalue weighted by Crippen LogP contribution is 2.51. The third kappa shape index (κ3) is 23.5. The maximum Gasteiger partial charge on any atom is 0.409 e. The number of anilines is 2. The summed E-state index contributed by atoms with van der Waals surface area (Å²) < 4.78 is 58.1. The number of nitrogens with zero attached hydrogens (tertiary/aromatic N) is 5. The first kappa shape index (κ1) is 94.9. The van der Waals surface area contributed by atoms with Crippen LogP contribution < -0.4 is 35.2 Å². The van der Waals surface area contributed by atoms with Gasteiger partial charge in [0.2, 0.25) is 17.7 Å². The number of benzene rings is 2. The number of amides is 9. The smallest absolute Gasteiger partial charge is 0.409 e. The maximum absolute atomic E-state index is 14.2. The fourth-order valence-corrected chi connectivity index (χ4v) is 15.7. The number of carbonyl (C=O) groups is 12. The second kappa shape index (κ2) is 41.1. The zero-order chi connectivity index (χ0) is 87.9. The minimum absolute atomic E-state index is 0.00553. The molecule has 0 spiro atoms. The first-order chi connectivity index (χ1) is 56.1. The molecule has 119 heavy (non-hydrogen) atoms. The van der Waals surface area contributed by atoms with E-state index in [9.17, 15) is 67.7 Å². The molecule has 0 aromatic heterocycles. The van der Waals surface area contributed by atoms with Gasteiger partial charge in [0.1, 0.15) is 81.5 Å². The number of fused-ring (bicyclic) bond motifs is 10. The van der Waals surface area contributed by atoms with E-state index in [1.807, 2.05) is 39.0 Å². The van der Waals surface area contributed by atoms with Crippen molar-refractivity contribution in [2.75, 3.05) is 79.5 Å². The van der Waals surface area contributed by atoms with Gasteiger partial charge in [-0.25, -0.2) is 14.4 Å². The number of aliphatic hydroxyl groups is 2. The lowest BCUT2D eigenvalue weighted by Crippen LogP contribution is -2.63. The number of halogens is 2. The molecule has 0 aliphatic carbocycles. The zero-order valence-electron chi connectivity index (χ0n) is 70.1. The predicted molar refractivity (Wildman–Crippen MR) is 434 cm³/mol. The Morgan fingerprint density at radius 1 is 0.605 bits per heavy atom. The van der Waals surface area contributed by atoms with Gasteiger partial charge in [-0.15, -0.1) is 0 Å². The molecule has 2 unspecified atom stereocenters. The molecule has 6 N–H and O–H groups in total. The number of carboxylic acids is 1. The molecular formula is C84H112Cl2N8O25. The topological polar surface area (TPSA) is 417 Å². The van der Waals surface area contributed by atoms with Crippen LogP contribution in [0, 0.1) is 11.8 Å². The van der Waals surface area contributed by atoms with Crippen LogP contribution in [0.15, 0.2) is 96.2 Å². The van der Waals surface area contributed by atoms with Gasteiger partial charge < -0.3 is 82.7 Å². The number of methoxy groups -OCH3 is 4. The number of hydrogen-bond acceptors (Lipinski definition) is 25. The summed E-state index contributed by atoms with van der Waals surface area (Å²) in [6.45, 7) is 14.7. The Kier molecular flexibility index (Phi) is 32.8. The van der Waals surface area contributed by atoms with Crippen molar-refractivity contribution in [3.05, 3.63) is 117 Å². The Balaban J connectivity index is 0.000000258. The summed E-state index contributed by atoms with van der Waals surface area (Å²) in [5.74, 6) is -4.83. The van der Waals surface area contributed by atoms with Crippen molar-refractivity contribution in [3.8, 4) is 11.5 Å². The van der Waals surface area contributed by atoms with Crippen molar-refractivity contribution in [2.24, 2.45) is 11.8 Å². The molecule has 10 rings (SSSR count). The van der Waals surface area contributed by atoms with Crippen molar-refractivity contribution in [1.29, 1.82) is 0 Å². The number of ether oxygens (including phenoxy) is 10. The van der Waals surface area contributed by atoms with Crippen LogP contribution >= 0.6 is 23.2 Å². The van der Waals surface area contributed by atoms with E-state index in [2.05, 4.69) is 16.0 Å². The van der Waals surface area contributed by atoms with Gasteiger partial charge in [0.05, 0.1) is 50.6 Å². The summed E-state index contributed by atoms with van der Waals surface area (Å²) in [7, 11) is 12.1. The van der Waals surface area contributed by atoms with Crippen LogP contribution in [0.2, 0.25) is 10.0 Å². The molecule has 0 saturated carbocycles. The van der Waals surface area contributed by atoms with Gasteiger partial charge in [-0.1, -0.05) is 97.5 Å². The van der Waals surface area contributed by atoms with Crippen LogP contribution in [0.4, 0.5) is 21.0 Å². The van der Waals surface area contributed by atoms with Gasteiger partial charge >= 0.3 is 30.1 Å². The fourth-order valence-electron chi connectivity index (χ4n) is 15.1. The average Bonchev–Trinajstić information content (AvgIpc) is 1.58. The maximum atomic E-state index is 14.2. The molecule has 4 fully saturated rings. The van der Waals surface area contributed by atoms with Crippen LogP contribution in [0.5, 0.6) is 11.5 Å². The van der Waals surface area contributed by atoms with Gasteiger partial charge in [-0.3, -0.25) is 63.6 Å². The SMILES string of the molecule is CN[C@@H](C)C(=O)O[C@H]1CC(=O)N(C)c2cc(cc(OC)c2Cl)C/C(C)=C/C=C/[C@@H](OC)[C@@]2(O)C[C@H](OC(=O)N2)[C@@H](C)C2O[C@]21C.COc1cc2cc(c1Cl)N(C)C(=O)C[C@H](OC(=O)[C@H](C)N(C)C(=O)CCCCCN1C(=O)C=CC1=O)[C@]1(C)OC1[C@H](C)[C@@H]1C[C@@](O)(NC(=O)O1)[C@H](OC)/C=C/C=C(\C)C2.O=C(O)CCCCCN1C(=O)C=CC1=O. The Hall–Kier alpha value is -9.58. The van der Waals surface area contributed by atoms with E-state index in [0.29, 0.717) is 80.8 Å². The largest absolute Gasteiger partial charge is 0.495 e. The van der Waals surface area contributed by atoms with Crippen LogP contribution in [0.3, 0.4) is 0 Å². The van der Waals surface area contributed by atoms with Crippen LogP contribution in [-0.2, 0) is 98.7 Å². The number of aliphatic carboxylic acids is 1. The molecule has 9 amide bonds. The van der Waals surface area contributed by atoms with Crippen molar-refractivity contribution in [2.45, 2.75) is 229 Å². The molecule has 8 bridgehead atoms. The number of carboxylic acid groups (broad SMARTS) is 1. The normalized spacial score (nSPS) is 30.1. The summed E-state index contributed by atoms with van der Waals surface area (Å²) >= 11 is 13.5. The first-order valence-electron chi connectivity index (χ1n) is 39.5. The minimum atomic E-state index is -1.85. The standard InChI is InChI=1S/C42H55ClN4O12.C32H44ClN3O9.C10H13NO4/c1-24-13-12-14-31(56-8)42(54)23-30(57-40(53)44-42)25(2)38-41(4,59-38)32(22-36(51)46(6)28-20-27(19-24)21-29(55-7)37(28)43)58-39(52)26(3)45(5)33(48)15-10-9-11-18-47-34(49)16-17-35(47)50;1-17-10-9-11-24(42-8)32(40)16-23(43-30(39)35-32)18(2)28-31(4,45-28)25(44-29(38)19(3)34-5)15-26(37)36(6)21-13-20(12-17)14-22(41-7)27(21)33;12-8-5-6-9(13)11(8)7-3-1-2-4-10(14)15/h12-14,16-17,20-21,25-26,30-32,38,54H,9-11,15,18-19,22-23H2,1-8H3,(H,44,53);9-11,13-14,18-19,23-25,28,34,40H,12,15-16H2,1-8H3,(H,35,39);5-6H,1-4,7H2,(H,14,15)/b14-12+,24-13+;11-9+,17-10+;/t25-,26+,30+,31-,32+,38?,41+,42+;18-,19+,23+,24-,25+,28?,31+,32+;/m11./s1. The quantitative estimate of drug-likeness (QED) is 0.0215. The number of hydrogen-bond donors (Lipinski definition) is 6. The Morgan fingerprint density at radius 2 is 0.992 bits per heavy atom. The summed E-state index contributed by atoms with van der Waals surface area (Å²) in [6.07, 6.45) is 10.9. The van der Waals surface area contributed by atoms with Crippen molar-refractivity contribution < 1.29 is 120 Å². The Bertz CT molecular complexity index is 4300. The minimum Gasteiger partial charge on any atom is -0.495 e. The number of epoxide rings is 2. The molecule has 652 valence electrons. The number of alkyl carbamates (subject to hydrolysis) is 2. The molecule has 4 saturated heterocycles. The zero-order valence-corrected chi connectivity index (χ0v) is 71.7. The van der Waals surface area contributed by atoms with Crippen LogP contribution in [0.25, 0.3) is 0 Å². The fraction of sp³-hybridized carbons (Fsp3) is 0.571. The Morgan fingerprint density at radius 3 is 1.36 bits per heavy atom. The van der Waals surface area contributed by atoms with Gasteiger partial charge in [-0.05, 0) is 123 Å². The molecule has 2 aromatic carbocycles. The van der Waals surface area contributed by atoms with Crippen molar-refractivity contribution in [1.82, 2.24) is 30.7 Å². The van der Waals surface area contributed by atoms with E-state index < -0.39 is 131 Å². The lowest BCUT2D eigenvalue weighted by Gasteiger charge is -2.42. The van der Waals surface area contributed by atoms with Gasteiger partial charge in [0.15, 0.2) is 11.4 Å². The molecule has 16 atom stereocenters. The number of esters is 2. The van der Waals surface area contributed by atoms with E-state index in [4.69, 9.17) is 75.7 Å². The van der Waals surface area contributed by atoms with Crippen molar-refractivity contribution >= 4 is 106 Å². The lowest BCUT2D eigenvalue weighted by molar-refractivity contribution is -0.162. The molecule has 0 radical (unpaired) electrons. The number of nitrogens with one attached hydrogen (secondary N) is 3. The number of likely N-dealkylation sites (N-methyl/N-ethyl adjacent to an activating group) is 2. The number of unbranched alkanes of at least 4 members (excludes halogenated alkanes) is 4. The third-order valence-electron chi connectivity index (χ3n) is 22.9. The van der Waals surface area contributed by atoms with Crippen LogP contribution in [-0.4, -0.2) is 255 Å². The molecular weight excluding hydrogens is 1590 g/mol. The highest BCUT2D eigenvalue weighted by molar-refractivity contribution is 6.36. The summed E-state index contributed by atoms with van der Waals surface area (Å²) in [4.78, 5) is 156. The molecule has 2 aromatic rings. The predicted octanol–water partition coefficient (Wildman–Crippen LogP) is 7.83. The summed E-state index contributed by atoms with van der Waals surface area (Å²) in [6, 6.07) is 5.49. The van der Waals surface area contributed by atoms with Crippen LogP contribution in [0.1, 0.15) is 144 Å². The number of allylic oxidation sites excluding steroid dienone is 6. The molecule has 8 heterocycles. The molecule has 8 aliphatic heterocycles. The number of rotatable bonds is 22. The highest BCUT2D eigenvalue weighted by atomic mass is 35.5. The van der Waals surface area contributed by atoms with Gasteiger partial charge in [0, 0.05) is 110 Å².